The normalized spacial score (nSPS) is 10.9. The highest BCUT2D eigenvalue weighted by atomic mass is 35.5. The highest BCUT2D eigenvalue weighted by Gasteiger charge is 2.10. The fraction of sp³-hybridized carbons (Fsp3) is 0. The van der Waals surface area contributed by atoms with E-state index in [1.807, 2.05) is 6.07 Å². The number of phenols is 1. The average molecular weight is 333 g/mol. The Labute approximate surface area is 137 Å². The molecule has 0 aliphatic rings. The predicted octanol–water partition coefficient (Wildman–Crippen LogP) is 4.24. The number of halogens is 2. The highest BCUT2D eigenvalue weighted by molar-refractivity contribution is 6.35. The molecule has 2 N–H and O–H groups in total. The number of carbonyl (C=O) groups is 1. The van der Waals surface area contributed by atoms with E-state index in [2.05, 4.69) is 5.32 Å². The van der Waals surface area contributed by atoms with Crippen molar-refractivity contribution in [3.05, 3.63) is 63.6 Å². The minimum absolute atomic E-state index is 0.0817. The van der Waals surface area contributed by atoms with Gasteiger partial charge in [-0.25, -0.2) is 0 Å². The molecule has 0 fully saturated rings. The van der Waals surface area contributed by atoms with Crippen LogP contribution in [-0.4, -0.2) is 11.0 Å². The second kappa shape index (κ2) is 6.99. The van der Waals surface area contributed by atoms with Gasteiger partial charge in [0, 0.05) is 15.7 Å². The van der Waals surface area contributed by atoms with Gasteiger partial charge in [-0.15, -0.1) is 0 Å². The van der Waals surface area contributed by atoms with Crippen LogP contribution in [0, 0.1) is 11.3 Å². The van der Waals surface area contributed by atoms with Gasteiger partial charge >= 0.3 is 0 Å². The molecule has 0 aliphatic carbocycles. The van der Waals surface area contributed by atoms with E-state index in [1.54, 1.807) is 12.1 Å². The minimum atomic E-state index is -0.575. The molecule has 6 heteroatoms. The van der Waals surface area contributed by atoms with Crippen molar-refractivity contribution in [3.63, 3.8) is 0 Å². The summed E-state index contributed by atoms with van der Waals surface area (Å²) in [6.07, 6.45) is 1.42. The van der Waals surface area contributed by atoms with Crippen LogP contribution in [0.5, 0.6) is 5.75 Å². The molecule has 0 aromatic heterocycles. The summed E-state index contributed by atoms with van der Waals surface area (Å²) in [6.45, 7) is 0. The van der Waals surface area contributed by atoms with Crippen molar-refractivity contribution in [2.45, 2.75) is 0 Å². The number of carbonyl (C=O) groups excluding carboxylic acids is 1. The minimum Gasteiger partial charge on any atom is -0.508 e. The second-order valence-corrected chi connectivity index (χ2v) is 5.25. The molecule has 0 spiro atoms. The van der Waals surface area contributed by atoms with Crippen molar-refractivity contribution in [1.29, 1.82) is 5.26 Å². The number of hydrogen-bond acceptors (Lipinski definition) is 3. The van der Waals surface area contributed by atoms with Crippen LogP contribution >= 0.6 is 23.2 Å². The summed E-state index contributed by atoms with van der Waals surface area (Å²) in [5.74, 6) is -0.470. The number of nitriles is 1. The quantitative estimate of drug-likeness (QED) is 0.652. The van der Waals surface area contributed by atoms with Crippen LogP contribution in [0.15, 0.2) is 48.0 Å². The Morgan fingerprint density at radius 1 is 1.14 bits per heavy atom. The Morgan fingerprint density at radius 2 is 1.73 bits per heavy atom. The Morgan fingerprint density at radius 3 is 2.27 bits per heavy atom. The second-order valence-electron chi connectivity index (χ2n) is 4.37. The van der Waals surface area contributed by atoms with E-state index in [4.69, 9.17) is 28.5 Å². The lowest BCUT2D eigenvalue weighted by Crippen LogP contribution is -2.13. The first-order valence-corrected chi connectivity index (χ1v) is 6.92. The zero-order valence-electron chi connectivity index (χ0n) is 11.2. The number of amides is 1. The first-order chi connectivity index (χ1) is 10.5. The van der Waals surface area contributed by atoms with Crippen LogP contribution in [-0.2, 0) is 4.79 Å². The smallest absolute Gasteiger partial charge is 0.266 e. The number of hydrogen-bond donors (Lipinski definition) is 2. The maximum atomic E-state index is 12.1. The molecule has 4 nitrogen and oxygen atoms in total. The maximum absolute atomic E-state index is 12.1. The standard InChI is InChI=1S/C16H10Cl2N2O2/c17-12-6-13(18)8-14(7-12)20-16(22)11(9-19)5-10-1-3-15(21)4-2-10/h1-8,21H,(H,20,22)/b11-5+. The number of nitrogens with zero attached hydrogens (tertiary/aromatic N) is 1. The Hall–Kier alpha value is -2.48. The van der Waals surface area contributed by atoms with Gasteiger partial charge in [0.1, 0.15) is 17.4 Å². The molecule has 110 valence electrons. The van der Waals surface area contributed by atoms with Crippen LogP contribution in [0.4, 0.5) is 5.69 Å². The molecular weight excluding hydrogens is 323 g/mol. The molecular formula is C16H10Cl2N2O2. The van der Waals surface area contributed by atoms with Crippen molar-refractivity contribution >= 4 is 40.9 Å². The summed E-state index contributed by atoms with van der Waals surface area (Å²) < 4.78 is 0. The first kappa shape index (κ1) is 15.9. The molecule has 0 unspecified atom stereocenters. The fourth-order valence-electron chi connectivity index (χ4n) is 1.71. The van der Waals surface area contributed by atoms with Crippen molar-refractivity contribution in [2.75, 3.05) is 5.32 Å². The van der Waals surface area contributed by atoms with Gasteiger partial charge in [0.15, 0.2) is 0 Å². The molecule has 2 rings (SSSR count). The molecule has 0 radical (unpaired) electrons. The van der Waals surface area contributed by atoms with E-state index in [1.165, 1.54) is 36.4 Å². The van der Waals surface area contributed by atoms with Gasteiger partial charge in [-0.05, 0) is 42.0 Å². The molecule has 0 saturated carbocycles. The largest absolute Gasteiger partial charge is 0.508 e. The molecule has 22 heavy (non-hydrogen) atoms. The van der Waals surface area contributed by atoms with Gasteiger partial charge in [-0.2, -0.15) is 5.26 Å². The van der Waals surface area contributed by atoms with Gasteiger partial charge < -0.3 is 10.4 Å². The van der Waals surface area contributed by atoms with Crippen LogP contribution < -0.4 is 5.32 Å². The molecule has 0 saturated heterocycles. The zero-order chi connectivity index (χ0) is 16.1. The summed E-state index contributed by atoms with van der Waals surface area (Å²) in [4.78, 5) is 12.1. The lowest BCUT2D eigenvalue weighted by atomic mass is 10.1. The summed E-state index contributed by atoms with van der Waals surface area (Å²) in [5.41, 5.74) is 0.935. The highest BCUT2D eigenvalue weighted by Crippen LogP contribution is 2.23. The van der Waals surface area contributed by atoms with E-state index in [9.17, 15) is 9.90 Å². The van der Waals surface area contributed by atoms with E-state index >= 15 is 0 Å². The summed E-state index contributed by atoms with van der Waals surface area (Å²) in [7, 11) is 0. The summed E-state index contributed by atoms with van der Waals surface area (Å²) in [6, 6.07) is 12.6. The molecule has 2 aromatic carbocycles. The predicted molar refractivity (Wildman–Crippen MR) is 86.8 cm³/mol. The lowest BCUT2D eigenvalue weighted by Gasteiger charge is -2.05. The Kier molecular flexibility index (Phi) is 5.05. The monoisotopic (exact) mass is 332 g/mol. The van der Waals surface area contributed by atoms with Gasteiger partial charge in [0.05, 0.1) is 0 Å². The number of aromatic hydroxyl groups is 1. The third-order valence-electron chi connectivity index (χ3n) is 2.69. The van der Waals surface area contributed by atoms with Crippen molar-refractivity contribution in [1.82, 2.24) is 0 Å². The molecule has 2 aromatic rings. The van der Waals surface area contributed by atoms with Gasteiger partial charge in [-0.1, -0.05) is 35.3 Å². The SMILES string of the molecule is N#C/C(=C\c1ccc(O)cc1)C(=O)Nc1cc(Cl)cc(Cl)c1. The number of benzene rings is 2. The third kappa shape index (κ3) is 4.26. The molecule has 0 atom stereocenters. The van der Waals surface area contributed by atoms with E-state index in [0.717, 1.165) is 0 Å². The van der Waals surface area contributed by atoms with Crippen molar-refractivity contribution < 1.29 is 9.90 Å². The molecule has 0 bridgehead atoms. The number of rotatable bonds is 3. The molecule has 0 heterocycles. The van der Waals surface area contributed by atoms with Gasteiger partial charge in [-0.3, -0.25) is 4.79 Å². The van der Waals surface area contributed by atoms with Crippen LogP contribution in [0.25, 0.3) is 6.08 Å². The first-order valence-electron chi connectivity index (χ1n) is 6.16. The van der Waals surface area contributed by atoms with E-state index < -0.39 is 5.91 Å². The summed E-state index contributed by atoms with van der Waals surface area (Å²) >= 11 is 11.7. The Bertz CT molecular complexity index is 757. The topological polar surface area (TPSA) is 73.1 Å². The number of anilines is 1. The van der Waals surface area contributed by atoms with Crippen LogP contribution in [0.1, 0.15) is 5.56 Å². The maximum Gasteiger partial charge on any atom is 0.266 e. The Balaban J connectivity index is 2.22. The summed E-state index contributed by atoms with van der Waals surface area (Å²) in [5, 5.41) is 21.6. The van der Waals surface area contributed by atoms with Crippen LogP contribution in [0.3, 0.4) is 0 Å². The molecule has 0 aliphatic heterocycles. The average Bonchev–Trinajstić information content (AvgIpc) is 2.45. The number of nitrogens with one attached hydrogen (secondary N) is 1. The van der Waals surface area contributed by atoms with E-state index in [0.29, 0.717) is 21.3 Å². The van der Waals surface area contributed by atoms with Crippen LogP contribution in [0.2, 0.25) is 10.0 Å². The van der Waals surface area contributed by atoms with Gasteiger partial charge in [0.25, 0.3) is 5.91 Å². The van der Waals surface area contributed by atoms with Crippen molar-refractivity contribution in [3.8, 4) is 11.8 Å². The van der Waals surface area contributed by atoms with Gasteiger partial charge in [0.2, 0.25) is 0 Å². The van der Waals surface area contributed by atoms with E-state index in [-0.39, 0.29) is 11.3 Å². The fourth-order valence-corrected chi connectivity index (χ4v) is 2.24. The third-order valence-corrected chi connectivity index (χ3v) is 3.13. The lowest BCUT2D eigenvalue weighted by molar-refractivity contribution is -0.112. The zero-order valence-corrected chi connectivity index (χ0v) is 12.7. The molecule has 1 amide bonds. The van der Waals surface area contributed by atoms with Crippen molar-refractivity contribution in [2.24, 2.45) is 0 Å². The number of phenolic OH excluding ortho intramolecular Hbond substituents is 1.